The van der Waals surface area contributed by atoms with Crippen LogP contribution in [-0.2, 0) is 19.4 Å². The molecule has 0 rings (SSSR count). The molecule has 0 aliphatic rings. The second kappa shape index (κ2) is 15.0. The number of hydrogen-bond acceptors (Lipinski definition) is 4. The van der Waals surface area contributed by atoms with E-state index in [2.05, 4.69) is 23.3 Å². The van der Waals surface area contributed by atoms with Crippen molar-refractivity contribution >= 4 is 11.9 Å². The molecule has 0 saturated heterocycles. The van der Waals surface area contributed by atoms with Crippen molar-refractivity contribution in [1.82, 2.24) is 0 Å². The Hall–Kier alpha value is -1.58. The van der Waals surface area contributed by atoms with E-state index < -0.39 is 11.9 Å². The molecule has 4 heteroatoms. The van der Waals surface area contributed by atoms with Crippen LogP contribution in [0.5, 0.6) is 0 Å². The molecule has 0 spiro atoms. The predicted octanol–water partition coefficient (Wildman–Crippen LogP) is 5.82. The van der Waals surface area contributed by atoms with Crippen molar-refractivity contribution in [1.29, 1.82) is 0 Å². The molecular formula is C20H34O4. The lowest BCUT2D eigenvalue weighted by Crippen LogP contribution is -2.12. The summed E-state index contributed by atoms with van der Waals surface area (Å²) in [6, 6.07) is 0. The molecule has 0 unspecified atom stereocenters. The number of unbranched alkanes of at least 4 members (excludes halogenated alkanes) is 10. The van der Waals surface area contributed by atoms with Crippen molar-refractivity contribution in [3.63, 3.8) is 0 Å². The molecule has 0 atom stereocenters. The zero-order valence-electron chi connectivity index (χ0n) is 15.7. The molecule has 138 valence electrons. The number of hydrogen-bond donors (Lipinski definition) is 0. The molecule has 0 heterocycles. The zero-order chi connectivity index (χ0) is 18.2. The Kier molecular flexibility index (Phi) is 14.0. The van der Waals surface area contributed by atoms with Gasteiger partial charge in [-0.05, 0) is 26.7 Å². The lowest BCUT2D eigenvalue weighted by atomic mass is 10.1. The Labute approximate surface area is 147 Å². The minimum atomic E-state index is -0.731. The van der Waals surface area contributed by atoms with Crippen LogP contribution in [0.25, 0.3) is 0 Å². The van der Waals surface area contributed by atoms with Gasteiger partial charge in [0, 0.05) is 11.1 Å². The van der Waals surface area contributed by atoms with Crippen LogP contribution in [0.4, 0.5) is 0 Å². The van der Waals surface area contributed by atoms with Crippen molar-refractivity contribution in [2.45, 2.75) is 91.4 Å². The van der Waals surface area contributed by atoms with Crippen LogP contribution in [0, 0.1) is 0 Å². The SMILES string of the molecule is C=C(C)C(=O)OOC(=O)/C(C)=C/CCCCCCCCCCCC. The molecule has 0 aromatic rings. The average molecular weight is 338 g/mol. The van der Waals surface area contributed by atoms with Gasteiger partial charge in [0.15, 0.2) is 0 Å². The van der Waals surface area contributed by atoms with E-state index in [1.807, 2.05) is 6.08 Å². The second-order valence-electron chi connectivity index (χ2n) is 6.38. The first-order chi connectivity index (χ1) is 11.5. The quantitative estimate of drug-likeness (QED) is 0.184. The highest BCUT2D eigenvalue weighted by atomic mass is 17.2. The summed E-state index contributed by atoms with van der Waals surface area (Å²) >= 11 is 0. The van der Waals surface area contributed by atoms with Crippen molar-refractivity contribution in [3.8, 4) is 0 Å². The van der Waals surface area contributed by atoms with Crippen LogP contribution in [0.3, 0.4) is 0 Å². The lowest BCUT2D eigenvalue weighted by Gasteiger charge is -2.03. The van der Waals surface area contributed by atoms with Gasteiger partial charge in [-0.1, -0.05) is 77.4 Å². The number of carbonyl (C=O) groups excluding carboxylic acids is 2. The van der Waals surface area contributed by atoms with E-state index >= 15 is 0 Å². The highest BCUT2D eigenvalue weighted by Gasteiger charge is 2.11. The fourth-order valence-corrected chi connectivity index (χ4v) is 2.25. The van der Waals surface area contributed by atoms with E-state index in [-0.39, 0.29) is 5.57 Å². The van der Waals surface area contributed by atoms with Crippen molar-refractivity contribution in [2.75, 3.05) is 0 Å². The molecule has 0 aliphatic heterocycles. The monoisotopic (exact) mass is 338 g/mol. The second-order valence-corrected chi connectivity index (χ2v) is 6.38. The maximum Gasteiger partial charge on any atom is 0.381 e. The van der Waals surface area contributed by atoms with E-state index in [0.717, 1.165) is 12.8 Å². The molecule has 0 fully saturated rings. The molecule has 4 nitrogen and oxygen atoms in total. The van der Waals surface area contributed by atoms with Crippen LogP contribution < -0.4 is 0 Å². The zero-order valence-corrected chi connectivity index (χ0v) is 15.7. The molecule has 0 aromatic heterocycles. The van der Waals surface area contributed by atoms with Crippen LogP contribution in [0.15, 0.2) is 23.8 Å². The molecule has 0 N–H and O–H groups in total. The maximum absolute atomic E-state index is 11.6. The summed E-state index contributed by atoms with van der Waals surface area (Å²) in [6.45, 7) is 8.80. The Morgan fingerprint density at radius 2 is 1.25 bits per heavy atom. The van der Waals surface area contributed by atoms with Crippen LogP contribution in [0.2, 0.25) is 0 Å². The largest absolute Gasteiger partial charge is 0.381 e. The summed E-state index contributed by atoms with van der Waals surface area (Å²) in [5.74, 6) is -1.36. The summed E-state index contributed by atoms with van der Waals surface area (Å²) in [5.41, 5.74) is 0.648. The summed E-state index contributed by atoms with van der Waals surface area (Å²) in [5, 5.41) is 0. The summed E-state index contributed by atoms with van der Waals surface area (Å²) in [4.78, 5) is 31.5. The highest BCUT2D eigenvalue weighted by Crippen LogP contribution is 2.12. The van der Waals surface area contributed by atoms with Gasteiger partial charge < -0.3 is 0 Å². The molecule has 0 aliphatic carbocycles. The van der Waals surface area contributed by atoms with E-state index in [4.69, 9.17) is 0 Å². The first-order valence-corrected chi connectivity index (χ1v) is 9.24. The first kappa shape index (κ1) is 22.4. The van der Waals surface area contributed by atoms with Crippen LogP contribution >= 0.6 is 0 Å². The fourth-order valence-electron chi connectivity index (χ4n) is 2.25. The third kappa shape index (κ3) is 12.9. The third-order valence-electron chi connectivity index (χ3n) is 3.87. The van der Waals surface area contributed by atoms with Crippen molar-refractivity contribution < 1.29 is 19.4 Å². The lowest BCUT2D eigenvalue weighted by molar-refractivity contribution is -0.252. The molecule has 0 amide bonds. The summed E-state index contributed by atoms with van der Waals surface area (Å²) in [7, 11) is 0. The summed E-state index contributed by atoms with van der Waals surface area (Å²) < 4.78 is 0. The average Bonchev–Trinajstić information content (AvgIpc) is 2.56. The maximum atomic E-state index is 11.6. The smallest absolute Gasteiger partial charge is 0.242 e. The van der Waals surface area contributed by atoms with Gasteiger partial charge >= 0.3 is 11.9 Å². The Balaban J connectivity index is 3.59. The van der Waals surface area contributed by atoms with Gasteiger partial charge in [-0.3, -0.25) is 0 Å². The standard InChI is InChI=1S/C20H34O4/c1-5-6-7-8-9-10-11-12-13-14-15-16-18(4)20(22)24-23-19(21)17(2)3/h16H,2,5-15H2,1,3-4H3/b18-16+. The summed E-state index contributed by atoms with van der Waals surface area (Å²) in [6.07, 6.45) is 15.6. The van der Waals surface area contributed by atoms with Gasteiger partial charge in [0.05, 0.1) is 0 Å². The normalized spacial score (nSPS) is 11.2. The molecule has 0 bridgehead atoms. The van der Waals surface area contributed by atoms with Crippen LogP contribution in [-0.4, -0.2) is 11.9 Å². The van der Waals surface area contributed by atoms with Gasteiger partial charge in [-0.2, -0.15) is 0 Å². The number of rotatable bonds is 13. The van der Waals surface area contributed by atoms with Gasteiger partial charge in [0.2, 0.25) is 0 Å². The Morgan fingerprint density at radius 1 is 0.792 bits per heavy atom. The Bertz CT molecular complexity index is 410. The molecule has 0 radical (unpaired) electrons. The van der Waals surface area contributed by atoms with Gasteiger partial charge in [-0.15, -0.1) is 0 Å². The van der Waals surface area contributed by atoms with E-state index in [1.165, 1.54) is 64.7 Å². The van der Waals surface area contributed by atoms with Gasteiger partial charge in [-0.25, -0.2) is 19.4 Å². The van der Waals surface area contributed by atoms with Gasteiger partial charge in [0.1, 0.15) is 0 Å². The molecule has 24 heavy (non-hydrogen) atoms. The van der Waals surface area contributed by atoms with Crippen molar-refractivity contribution in [3.05, 3.63) is 23.8 Å². The predicted molar refractivity (Wildman–Crippen MR) is 97.2 cm³/mol. The molecular weight excluding hydrogens is 304 g/mol. The number of allylic oxidation sites excluding steroid dienone is 1. The fraction of sp³-hybridized carbons (Fsp3) is 0.700. The van der Waals surface area contributed by atoms with E-state index in [1.54, 1.807) is 6.92 Å². The highest BCUT2D eigenvalue weighted by molar-refractivity contribution is 5.90. The topological polar surface area (TPSA) is 52.6 Å². The number of carbonyl (C=O) groups is 2. The van der Waals surface area contributed by atoms with Crippen molar-refractivity contribution in [2.24, 2.45) is 0 Å². The minimum absolute atomic E-state index is 0.190. The molecule has 0 aromatic carbocycles. The third-order valence-corrected chi connectivity index (χ3v) is 3.87. The van der Waals surface area contributed by atoms with Gasteiger partial charge in [0.25, 0.3) is 0 Å². The van der Waals surface area contributed by atoms with E-state index in [9.17, 15) is 9.59 Å². The first-order valence-electron chi connectivity index (χ1n) is 9.24. The molecule has 0 saturated carbocycles. The minimum Gasteiger partial charge on any atom is -0.242 e. The van der Waals surface area contributed by atoms with E-state index in [0.29, 0.717) is 5.57 Å². The Morgan fingerprint density at radius 3 is 1.75 bits per heavy atom. The van der Waals surface area contributed by atoms with Crippen LogP contribution in [0.1, 0.15) is 91.4 Å².